The zero-order valence-corrected chi connectivity index (χ0v) is 10.6. The molecule has 0 aromatic heterocycles. The molecule has 0 aromatic carbocycles. The Morgan fingerprint density at radius 2 is 2.06 bits per heavy atom. The van der Waals surface area contributed by atoms with Crippen molar-refractivity contribution < 1.29 is 14.6 Å². The van der Waals surface area contributed by atoms with E-state index >= 15 is 0 Å². The lowest BCUT2D eigenvalue weighted by molar-refractivity contribution is -0.138. The van der Waals surface area contributed by atoms with E-state index in [1.54, 1.807) is 0 Å². The maximum absolute atomic E-state index is 10.6. The van der Waals surface area contributed by atoms with Crippen molar-refractivity contribution in [2.75, 3.05) is 26.3 Å². The van der Waals surface area contributed by atoms with Crippen LogP contribution in [0.1, 0.15) is 32.6 Å². The van der Waals surface area contributed by atoms with Crippen LogP contribution in [-0.4, -0.2) is 54.4 Å². The molecule has 2 unspecified atom stereocenters. The first-order valence-corrected chi connectivity index (χ1v) is 6.45. The van der Waals surface area contributed by atoms with E-state index in [1.165, 1.54) is 0 Å². The smallest absolute Gasteiger partial charge is 0.320 e. The molecule has 3 N–H and O–H groups in total. The van der Waals surface area contributed by atoms with Crippen molar-refractivity contribution in [3.8, 4) is 0 Å². The van der Waals surface area contributed by atoms with E-state index in [1.807, 2.05) is 0 Å². The Hall–Kier alpha value is -0.650. The van der Waals surface area contributed by atoms with Gasteiger partial charge in [0, 0.05) is 19.1 Å². The van der Waals surface area contributed by atoms with Crippen molar-refractivity contribution in [3.63, 3.8) is 0 Å². The van der Waals surface area contributed by atoms with Gasteiger partial charge in [-0.25, -0.2) is 0 Å². The average Bonchev–Trinajstić information content (AvgIpc) is 2.35. The average molecular weight is 244 g/mol. The van der Waals surface area contributed by atoms with E-state index in [4.69, 9.17) is 15.6 Å². The first-order chi connectivity index (χ1) is 8.15. The maximum Gasteiger partial charge on any atom is 0.320 e. The van der Waals surface area contributed by atoms with Gasteiger partial charge < -0.3 is 15.6 Å². The van der Waals surface area contributed by atoms with Gasteiger partial charge in [-0.2, -0.15) is 0 Å². The highest BCUT2D eigenvalue weighted by Gasteiger charge is 2.20. The van der Waals surface area contributed by atoms with Crippen LogP contribution >= 0.6 is 0 Å². The molecular formula is C12H24N2O3. The molecule has 100 valence electrons. The van der Waals surface area contributed by atoms with E-state index in [9.17, 15) is 4.79 Å². The van der Waals surface area contributed by atoms with Gasteiger partial charge in [-0.15, -0.1) is 0 Å². The van der Waals surface area contributed by atoms with Gasteiger partial charge >= 0.3 is 5.97 Å². The molecule has 5 heteroatoms. The van der Waals surface area contributed by atoms with Gasteiger partial charge in [-0.3, -0.25) is 9.69 Å². The minimum absolute atomic E-state index is 0.542. The van der Waals surface area contributed by atoms with Crippen LogP contribution in [0.25, 0.3) is 0 Å². The zero-order chi connectivity index (χ0) is 12.7. The van der Waals surface area contributed by atoms with E-state index in [0.717, 1.165) is 45.6 Å². The second kappa shape index (κ2) is 7.63. The van der Waals surface area contributed by atoms with Crippen LogP contribution in [0.3, 0.4) is 0 Å². The molecule has 1 fully saturated rings. The number of ether oxygens (including phenoxy) is 1. The third-order valence-corrected chi connectivity index (χ3v) is 3.40. The molecule has 0 radical (unpaired) electrons. The summed E-state index contributed by atoms with van der Waals surface area (Å²) in [5.74, 6) is -0.899. The largest absolute Gasteiger partial charge is 0.480 e. The van der Waals surface area contributed by atoms with E-state index < -0.39 is 12.0 Å². The Balaban J connectivity index is 2.24. The highest BCUT2D eigenvalue weighted by Crippen LogP contribution is 2.14. The van der Waals surface area contributed by atoms with Crippen LogP contribution in [0.2, 0.25) is 0 Å². The van der Waals surface area contributed by atoms with Crippen LogP contribution in [0.5, 0.6) is 0 Å². The number of morpholine rings is 1. The lowest BCUT2D eigenvalue weighted by atomic mass is 10.0. The van der Waals surface area contributed by atoms with Crippen LogP contribution in [-0.2, 0) is 9.53 Å². The van der Waals surface area contributed by atoms with Crippen molar-refractivity contribution in [2.45, 2.75) is 44.7 Å². The van der Waals surface area contributed by atoms with Crippen LogP contribution < -0.4 is 5.73 Å². The monoisotopic (exact) mass is 244 g/mol. The van der Waals surface area contributed by atoms with Gasteiger partial charge in [0.15, 0.2) is 0 Å². The van der Waals surface area contributed by atoms with Crippen LogP contribution in [0.15, 0.2) is 0 Å². The van der Waals surface area contributed by atoms with Gasteiger partial charge in [0.2, 0.25) is 0 Å². The third-order valence-electron chi connectivity index (χ3n) is 3.40. The Morgan fingerprint density at radius 3 is 2.59 bits per heavy atom. The van der Waals surface area contributed by atoms with Crippen molar-refractivity contribution >= 4 is 5.97 Å². The number of nitrogens with zero attached hydrogens (tertiary/aromatic N) is 1. The summed E-state index contributed by atoms with van der Waals surface area (Å²) < 4.78 is 5.33. The van der Waals surface area contributed by atoms with Crippen LogP contribution in [0.4, 0.5) is 0 Å². The molecule has 0 aromatic rings. The third kappa shape index (κ3) is 5.02. The standard InChI is InChI=1S/C12H24N2O3/c1-2-10(14-6-8-17-9-7-14)4-3-5-11(13)12(15)16/h10-11H,2-9,13H2,1H3,(H,15,16). The summed E-state index contributed by atoms with van der Waals surface area (Å²) in [4.78, 5) is 13.0. The molecule has 1 aliphatic rings. The lowest BCUT2D eigenvalue weighted by Crippen LogP contribution is -2.43. The van der Waals surface area contributed by atoms with Gasteiger partial charge in [0.25, 0.3) is 0 Å². The van der Waals surface area contributed by atoms with Crippen molar-refractivity contribution in [1.82, 2.24) is 4.90 Å². The van der Waals surface area contributed by atoms with E-state index in [0.29, 0.717) is 12.5 Å². The maximum atomic E-state index is 10.6. The number of carbonyl (C=O) groups is 1. The predicted octanol–water partition coefficient (Wildman–Crippen LogP) is 0.679. The summed E-state index contributed by atoms with van der Waals surface area (Å²) in [6, 6.07) is -0.169. The van der Waals surface area contributed by atoms with Gasteiger partial charge in [-0.1, -0.05) is 6.92 Å². The summed E-state index contributed by atoms with van der Waals surface area (Å²) in [5.41, 5.74) is 5.49. The normalized spacial score (nSPS) is 21.1. The molecule has 1 saturated heterocycles. The molecule has 0 spiro atoms. The quantitative estimate of drug-likeness (QED) is 0.688. The van der Waals surface area contributed by atoms with Gasteiger partial charge in [0.1, 0.15) is 6.04 Å². The number of aliphatic carboxylic acids is 1. The molecule has 17 heavy (non-hydrogen) atoms. The van der Waals surface area contributed by atoms with E-state index in [-0.39, 0.29) is 0 Å². The van der Waals surface area contributed by atoms with Crippen molar-refractivity contribution in [1.29, 1.82) is 0 Å². The summed E-state index contributed by atoms with van der Waals surface area (Å²) in [6.45, 7) is 5.78. The summed E-state index contributed by atoms with van der Waals surface area (Å²) in [6.07, 6.45) is 3.57. The predicted molar refractivity (Wildman–Crippen MR) is 65.9 cm³/mol. The summed E-state index contributed by atoms with van der Waals surface area (Å²) in [5, 5.41) is 8.70. The molecular weight excluding hydrogens is 220 g/mol. The number of carboxylic acid groups (broad SMARTS) is 1. The molecule has 0 bridgehead atoms. The Morgan fingerprint density at radius 1 is 1.41 bits per heavy atom. The van der Waals surface area contributed by atoms with Crippen molar-refractivity contribution in [3.05, 3.63) is 0 Å². The second-order valence-electron chi connectivity index (χ2n) is 4.59. The SMILES string of the molecule is CCC(CCCC(N)C(=O)O)N1CCOCC1. The molecule has 2 atom stereocenters. The number of hydrogen-bond acceptors (Lipinski definition) is 4. The molecule has 5 nitrogen and oxygen atoms in total. The van der Waals surface area contributed by atoms with Crippen LogP contribution in [0, 0.1) is 0 Å². The molecule has 0 aliphatic carbocycles. The lowest BCUT2D eigenvalue weighted by Gasteiger charge is -2.34. The Kier molecular flexibility index (Phi) is 6.47. The second-order valence-corrected chi connectivity index (χ2v) is 4.59. The number of carboxylic acids is 1. The topological polar surface area (TPSA) is 75.8 Å². The van der Waals surface area contributed by atoms with Gasteiger partial charge in [-0.05, 0) is 25.7 Å². The fraction of sp³-hybridized carbons (Fsp3) is 0.917. The summed E-state index contributed by atoms with van der Waals surface area (Å²) in [7, 11) is 0. The first kappa shape index (κ1) is 14.4. The Labute approximate surface area is 103 Å². The molecule has 0 saturated carbocycles. The molecule has 1 aliphatic heterocycles. The minimum atomic E-state index is -0.899. The number of hydrogen-bond donors (Lipinski definition) is 2. The molecule has 0 amide bonds. The number of nitrogens with two attached hydrogens (primary N) is 1. The Bertz CT molecular complexity index is 230. The number of rotatable bonds is 7. The fourth-order valence-electron chi connectivity index (χ4n) is 2.28. The van der Waals surface area contributed by atoms with Crippen molar-refractivity contribution in [2.24, 2.45) is 5.73 Å². The first-order valence-electron chi connectivity index (χ1n) is 6.45. The van der Waals surface area contributed by atoms with E-state index in [2.05, 4.69) is 11.8 Å². The minimum Gasteiger partial charge on any atom is -0.480 e. The molecule has 1 heterocycles. The summed E-state index contributed by atoms with van der Waals surface area (Å²) >= 11 is 0. The van der Waals surface area contributed by atoms with Gasteiger partial charge in [0.05, 0.1) is 13.2 Å². The molecule has 1 rings (SSSR count). The zero-order valence-electron chi connectivity index (χ0n) is 10.6. The highest BCUT2D eigenvalue weighted by molar-refractivity contribution is 5.72. The highest BCUT2D eigenvalue weighted by atomic mass is 16.5. The fourth-order valence-corrected chi connectivity index (χ4v) is 2.28.